The Morgan fingerprint density at radius 2 is 2.21 bits per heavy atom. The van der Waals surface area contributed by atoms with Crippen molar-refractivity contribution in [1.82, 2.24) is 4.98 Å². The predicted octanol–water partition coefficient (Wildman–Crippen LogP) is 3.91. The molecule has 1 nitrogen and oxygen atoms in total. The Morgan fingerprint density at radius 1 is 1.43 bits per heavy atom. The fourth-order valence-corrected chi connectivity index (χ4v) is 2.37. The monoisotopic (exact) mass is 227 g/mol. The van der Waals surface area contributed by atoms with Crippen LogP contribution in [0.1, 0.15) is 5.01 Å². The smallest absolute Gasteiger partial charge is 0.133 e. The van der Waals surface area contributed by atoms with E-state index < -0.39 is 0 Å². The molecule has 0 spiro atoms. The fraction of sp³-hybridized carbons (Fsp3) is 0.100. The summed E-state index contributed by atoms with van der Waals surface area (Å²) >= 11 is 7.35. The third-order valence-electron chi connectivity index (χ3n) is 1.83. The molecule has 0 bridgehead atoms. The molecular formula is C10H7ClFNS. The molecule has 1 aromatic heterocycles. The Balaban J connectivity index is 2.61. The van der Waals surface area contributed by atoms with Crippen LogP contribution < -0.4 is 0 Å². The molecule has 2 rings (SSSR count). The number of aromatic nitrogens is 1. The van der Waals surface area contributed by atoms with Crippen molar-refractivity contribution in [2.24, 2.45) is 0 Å². The minimum atomic E-state index is -0.304. The second-order valence-corrected chi connectivity index (χ2v) is 4.48. The Bertz CT molecular complexity index is 447. The number of aryl methyl sites for hydroxylation is 1. The molecule has 1 heterocycles. The summed E-state index contributed by atoms with van der Waals surface area (Å²) < 4.78 is 13.4. The summed E-state index contributed by atoms with van der Waals surface area (Å²) in [5.74, 6) is -0.304. The van der Waals surface area contributed by atoms with E-state index in [9.17, 15) is 4.39 Å². The fourth-order valence-electron chi connectivity index (χ4n) is 1.21. The van der Waals surface area contributed by atoms with Gasteiger partial charge in [0.05, 0.1) is 14.9 Å². The van der Waals surface area contributed by atoms with Crippen LogP contribution in [-0.2, 0) is 0 Å². The van der Waals surface area contributed by atoms with Gasteiger partial charge in [0.15, 0.2) is 0 Å². The second kappa shape index (κ2) is 3.67. The summed E-state index contributed by atoms with van der Waals surface area (Å²) in [5, 5.41) is 1.33. The van der Waals surface area contributed by atoms with E-state index in [2.05, 4.69) is 4.98 Å². The van der Waals surface area contributed by atoms with E-state index in [-0.39, 0.29) is 5.82 Å². The highest BCUT2D eigenvalue weighted by atomic mass is 35.5. The van der Waals surface area contributed by atoms with Gasteiger partial charge < -0.3 is 0 Å². The van der Waals surface area contributed by atoms with Gasteiger partial charge in [0, 0.05) is 11.8 Å². The van der Waals surface area contributed by atoms with Crippen LogP contribution in [0.2, 0.25) is 5.02 Å². The van der Waals surface area contributed by atoms with E-state index in [0.717, 1.165) is 9.88 Å². The lowest BCUT2D eigenvalue weighted by molar-refractivity contribution is 0.632. The molecule has 0 aliphatic rings. The maximum absolute atomic E-state index is 13.4. The van der Waals surface area contributed by atoms with Crippen LogP contribution in [0, 0.1) is 12.7 Å². The van der Waals surface area contributed by atoms with Crippen molar-refractivity contribution in [3.63, 3.8) is 0 Å². The number of hydrogen-bond acceptors (Lipinski definition) is 2. The van der Waals surface area contributed by atoms with E-state index >= 15 is 0 Å². The predicted molar refractivity (Wildman–Crippen MR) is 57.3 cm³/mol. The van der Waals surface area contributed by atoms with Gasteiger partial charge in [-0.1, -0.05) is 17.7 Å². The Hall–Kier alpha value is -0.930. The van der Waals surface area contributed by atoms with Crippen LogP contribution in [0.15, 0.2) is 24.4 Å². The number of halogens is 2. The summed E-state index contributed by atoms with van der Waals surface area (Å²) in [6, 6.07) is 4.67. The number of thiazole rings is 1. The summed E-state index contributed by atoms with van der Waals surface area (Å²) in [6.07, 6.45) is 1.64. The molecule has 0 saturated heterocycles. The minimum absolute atomic E-state index is 0.304. The zero-order chi connectivity index (χ0) is 10.1. The molecule has 0 amide bonds. The van der Waals surface area contributed by atoms with Crippen LogP contribution in [0.25, 0.3) is 10.4 Å². The first-order valence-electron chi connectivity index (χ1n) is 4.05. The Kier molecular flexibility index (Phi) is 2.52. The first-order valence-corrected chi connectivity index (χ1v) is 5.25. The van der Waals surface area contributed by atoms with Crippen molar-refractivity contribution < 1.29 is 4.39 Å². The molecule has 2 aromatic rings. The largest absolute Gasteiger partial charge is 0.249 e. The van der Waals surface area contributed by atoms with Gasteiger partial charge in [-0.2, -0.15) is 0 Å². The standard InChI is InChI=1S/C10H7ClFNS/c1-6-13-5-9(14-6)10-7(11)3-2-4-8(10)12/h2-5H,1H3. The lowest BCUT2D eigenvalue weighted by Gasteiger charge is -2.01. The maximum atomic E-state index is 13.4. The molecule has 0 N–H and O–H groups in total. The van der Waals surface area contributed by atoms with Gasteiger partial charge >= 0.3 is 0 Å². The van der Waals surface area contributed by atoms with E-state index in [4.69, 9.17) is 11.6 Å². The summed E-state index contributed by atoms with van der Waals surface area (Å²) in [6.45, 7) is 1.88. The molecule has 0 aliphatic carbocycles. The zero-order valence-corrected chi connectivity index (χ0v) is 8.99. The van der Waals surface area contributed by atoms with E-state index in [0.29, 0.717) is 10.6 Å². The zero-order valence-electron chi connectivity index (χ0n) is 7.42. The van der Waals surface area contributed by atoms with Crippen LogP contribution in [0.4, 0.5) is 4.39 Å². The van der Waals surface area contributed by atoms with Gasteiger partial charge in [0.1, 0.15) is 5.82 Å². The highest BCUT2D eigenvalue weighted by molar-refractivity contribution is 7.15. The normalized spacial score (nSPS) is 10.5. The number of hydrogen-bond donors (Lipinski definition) is 0. The molecule has 0 saturated carbocycles. The molecule has 0 radical (unpaired) electrons. The Morgan fingerprint density at radius 3 is 2.79 bits per heavy atom. The average molecular weight is 228 g/mol. The highest BCUT2D eigenvalue weighted by Gasteiger charge is 2.11. The van der Waals surface area contributed by atoms with E-state index in [1.54, 1.807) is 18.3 Å². The molecule has 0 atom stereocenters. The van der Waals surface area contributed by atoms with Crippen molar-refractivity contribution in [3.8, 4) is 10.4 Å². The van der Waals surface area contributed by atoms with Crippen molar-refractivity contribution in [3.05, 3.63) is 40.2 Å². The van der Waals surface area contributed by atoms with Crippen LogP contribution >= 0.6 is 22.9 Å². The van der Waals surface area contributed by atoms with Gasteiger partial charge in [0.2, 0.25) is 0 Å². The molecule has 72 valence electrons. The second-order valence-electron chi connectivity index (χ2n) is 2.84. The first-order chi connectivity index (χ1) is 6.68. The lowest BCUT2D eigenvalue weighted by atomic mass is 10.2. The average Bonchev–Trinajstić information content (AvgIpc) is 2.51. The molecule has 14 heavy (non-hydrogen) atoms. The SMILES string of the molecule is Cc1ncc(-c2c(F)cccc2Cl)s1. The van der Waals surface area contributed by atoms with Gasteiger partial charge in [-0.3, -0.25) is 0 Å². The summed E-state index contributed by atoms with van der Waals surface area (Å²) in [5.41, 5.74) is 0.444. The van der Waals surface area contributed by atoms with Gasteiger partial charge in [-0.15, -0.1) is 11.3 Å². The van der Waals surface area contributed by atoms with Crippen molar-refractivity contribution in [1.29, 1.82) is 0 Å². The van der Waals surface area contributed by atoms with Gasteiger partial charge in [-0.05, 0) is 19.1 Å². The van der Waals surface area contributed by atoms with Crippen LogP contribution in [0.3, 0.4) is 0 Å². The topological polar surface area (TPSA) is 12.9 Å². The third-order valence-corrected chi connectivity index (χ3v) is 3.08. The van der Waals surface area contributed by atoms with Crippen LogP contribution in [-0.4, -0.2) is 4.98 Å². The molecule has 1 aromatic carbocycles. The number of nitrogens with zero attached hydrogens (tertiary/aromatic N) is 1. The van der Waals surface area contributed by atoms with Crippen molar-refractivity contribution >= 4 is 22.9 Å². The number of benzene rings is 1. The molecule has 0 aliphatic heterocycles. The first kappa shape index (κ1) is 9.62. The van der Waals surface area contributed by atoms with Crippen LogP contribution in [0.5, 0.6) is 0 Å². The molecule has 0 fully saturated rings. The molecular weight excluding hydrogens is 221 g/mol. The molecule has 4 heteroatoms. The van der Waals surface area contributed by atoms with Gasteiger partial charge in [0.25, 0.3) is 0 Å². The lowest BCUT2D eigenvalue weighted by Crippen LogP contribution is -1.81. The third kappa shape index (κ3) is 1.65. The minimum Gasteiger partial charge on any atom is -0.249 e. The quantitative estimate of drug-likeness (QED) is 0.720. The van der Waals surface area contributed by atoms with Gasteiger partial charge in [-0.25, -0.2) is 9.37 Å². The maximum Gasteiger partial charge on any atom is 0.133 e. The summed E-state index contributed by atoms with van der Waals surface area (Å²) in [4.78, 5) is 4.84. The number of rotatable bonds is 1. The Labute approximate surface area is 90.2 Å². The van der Waals surface area contributed by atoms with E-state index in [1.165, 1.54) is 17.4 Å². The van der Waals surface area contributed by atoms with Crippen molar-refractivity contribution in [2.45, 2.75) is 6.92 Å². The van der Waals surface area contributed by atoms with Crippen molar-refractivity contribution in [2.75, 3.05) is 0 Å². The van der Waals surface area contributed by atoms with E-state index in [1.807, 2.05) is 6.92 Å². The highest BCUT2D eigenvalue weighted by Crippen LogP contribution is 2.33. The summed E-state index contributed by atoms with van der Waals surface area (Å²) in [7, 11) is 0. The molecule has 0 unspecified atom stereocenters.